The summed E-state index contributed by atoms with van der Waals surface area (Å²) in [5, 5.41) is 0. The summed E-state index contributed by atoms with van der Waals surface area (Å²) in [6, 6.07) is 18.6. The summed E-state index contributed by atoms with van der Waals surface area (Å²) in [4.78, 5) is 23.0. The van der Waals surface area contributed by atoms with Crippen LogP contribution in [-0.4, -0.2) is 11.9 Å². The monoisotopic (exact) mass is 296 g/mol. The van der Waals surface area contributed by atoms with Gasteiger partial charge in [0, 0.05) is 12.2 Å². The summed E-state index contributed by atoms with van der Waals surface area (Å²) in [7, 11) is 0. The molecule has 0 bridgehead atoms. The number of hydrogen-bond acceptors (Lipinski definition) is 4. The summed E-state index contributed by atoms with van der Waals surface area (Å²) < 4.78 is 10.0. The molecular formula is C18H16O4. The summed E-state index contributed by atoms with van der Waals surface area (Å²) in [6.45, 7) is 0.339. The van der Waals surface area contributed by atoms with Gasteiger partial charge in [0.2, 0.25) is 0 Å². The second kappa shape index (κ2) is 8.42. The van der Waals surface area contributed by atoms with Gasteiger partial charge in [-0.1, -0.05) is 60.7 Å². The standard InChI is InChI=1S/C18H16O4/c19-17(21-13-15-7-3-1-4-8-15)11-12-18(20)22-14-16-9-5-2-6-10-16/h1-12H,13-14H2/b12-11-. The first-order chi connectivity index (χ1) is 10.7. The maximum atomic E-state index is 11.5. The molecule has 0 aliphatic heterocycles. The molecule has 0 saturated heterocycles. The second-order valence-corrected chi connectivity index (χ2v) is 4.52. The van der Waals surface area contributed by atoms with Gasteiger partial charge < -0.3 is 9.47 Å². The van der Waals surface area contributed by atoms with Gasteiger partial charge in [-0.25, -0.2) is 9.59 Å². The van der Waals surface area contributed by atoms with Crippen molar-refractivity contribution < 1.29 is 19.1 Å². The lowest BCUT2D eigenvalue weighted by Gasteiger charge is -2.02. The molecule has 0 N–H and O–H groups in total. The Morgan fingerprint density at radius 3 is 1.41 bits per heavy atom. The Kier molecular flexibility index (Phi) is 5.93. The Labute approximate surface area is 129 Å². The van der Waals surface area contributed by atoms with Crippen molar-refractivity contribution in [2.75, 3.05) is 0 Å². The lowest BCUT2D eigenvalue weighted by molar-refractivity contribution is -0.141. The van der Waals surface area contributed by atoms with E-state index in [1.54, 1.807) is 0 Å². The van der Waals surface area contributed by atoms with Crippen LogP contribution < -0.4 is 0 Å². The van der Waals surface area contributed by atoms with Crippen LogP contribution >= 0.6 is 0 Å². The smallest absolute Gasteiger partial charge is 0.331 e. The van der Waals surface area contributed by atoms with E-state index >= 15 is 0 Å². The Balaban J connectivity index is 1.71. The minimum atomic E-state index is -0.583. The fourth-order valence-electron chi connectivity index (χ4n) is 1.69. The molecular weight excluding hydrogens is 280 g/mol. The van der Waals surface area contributed by atoms with E-state index < -0.39 is 11.9 Å². The minimum absolute atomic E-state index is 0.170. The van der Waals surface area contributed by atoms with Gasteiger partial charge in [-0.3, -0.25) is 0 Å². The third-order valence-corrected chi connectivity index (χ3v) is 2.80. The topological polar surface area (TPSA) is 52.6 Å². The highest BCUT2D eigenvalue weighted by molar-refractivity contribution is 5.91. The Morgan fingerprint density at radius 1 is 0.682 bits per heavy atom. The van der Waals surface area contributed by atoms with Crippen LogP contribution in [0.3, 0.4) is 0 Å². The van der Waals surface area contributed by atoms with Gasteiger partial charge in [-0.05, 0) is 11.1 Å². The van der Waals surface area contributed by atoms with Gasteiger partial charge in [0.05, 0.1) is 0 Å². The largest absolute Gasteiger partial charge is 0.458 e. The lowest BCUT2D eigenvalue weighted by atomic mass is 10.2. The fourth-order valence-corrected chi connectivity index (χ4v) is 1.69. The second-order valence-electron chi connectivity index (χ2n) is 4.52. The van der Waals surface area contributed by atoms with Crippen LogP contribution in [0.15, 0.2) is 72.8 Å². The molecule has 112 valence electrons. The maximum absolute atomic E-state index is 11.5. The molecule has 0 aliphatic carbocycles. The quantitative estimate of drug-likeness (QED) is 0.607. The minimum Gasteiger partial charge on any atom is -0.458 e. The third-order valence-electron chi connectivity index (χ3n) is 2.80. The zero-order valence-corrected chi connectivity index (χ0v) is 12.0. The molecule has 0 aromatic heterocycles. The number of esters is 2. The predicted octanol–water partition coefficient (Wildman–Crippen LogP) is 3.03. The number of benzene rings is 2. The molecule has 0 amide bonds. The summed E-state index contributed by atoms with van der Waals surface area (Å²) in [6.07, 6.45) is 2.13. The molecule has 2 aromatic rings. The molecule has 2 rings (SSSR count). The van der Waals surface area contributed by atoms with Crippen LogP contribution in [0.2, 0.25) is 0 Å². The van der Waals surface area contributed by atoms with Crippen molar-refractivity contribution in [3.63, 3.8) is 0 Å². The van der Waals surface area contributed by atoms with Crippen LogP contribution in [0, 0.1) is 0 Å². The van der Waals surface area contributed by atoms with Crippen molar-refractivity contribution in [3.8, 4) is 0 Å². The zero-order valence-electron chi connectivity index (χ0n) is 12.0. The van der Waals surface area contributed by atoms with Crippen LogP contribution in [0.5, 0.6) is 0 Å². The SMILES string of the molecule is O=C(/C=C\C(=O)OCc1ccccc1)OCc1ccccc1. The van der Waals surface area contributed by atoms with E-state index in [9.17, 15) is 9.59 Å². The first-order valence-electron chi connectivity index (χ1n) is 6.83. The molecule has 0 radical (unpaired) electrons. The van der Waals surface area contributed by atoms with Gasteiger partial charge in [0.1, 0.15) is 13.2 Å². The van der Waals surface area contributed by atoms with Crippen molar-refractivity contribution >= 4 is 11.9 Å². The van der Waals surface area contributed by atoms with E-state index in [1.807, 2.05) is 60.7 Å². The Morgan fingerprint density at radius 2 is 1.05 bits per heavy atom. The molecule has 0 saturated carbocycles. The van der Waals surface area contributed by atoms with Gasteiger partial charge in [-0.2, -0.15) is 0 Å². The number of rotatable bonds is 6. The number of carbonyl (C=O) groups excluding carboxylic acids is 2. The van der Waals surface area contributed by atoms with Gasteiger partial charge in [-0.15, -0.1) is 0 Å². The van der Waals surface area contributed by atoms with E-state index in [1.165, 1.54) is 0 Å². The average Bonchev–Trinajstić information content (AvgIpc) is 2.58. The van der Waals surface area contributed by atoms with Gasteiger partial charge >= 0.3 is 11.9 Å². The molecule has 0 spiro atoms. The lowest BCUT2D eigenvalue weighted by Crippen LogP contribution is -2.04. The summed E-state index contributed by atoms with van der Waals surface area (Å²) >= 11 is 0. The normalized spacial score (nSPS) is 10.4. The highest BCUT2D eigenvalue weighted by Crippen LogP contribution is 2.02. The molecule has 4 heteroatoms. The van der Waals surface area contributed by atoms with Crippen molar-refractivity contribution in [1.82, 2.24) is 0 Å². The molecule has 0 fully saturated rings. The fraction of sp³-hybridized carbons (Fsp3) is 0.111. The molecule has 0 atom stereocenters. The van der Waals surface area contributed by atoms with Crippen LogP contribution in [0.1, 0.15) is 11.1 Å². The average molecular weight is 296 g/mol. The summed E-state index contributed by atoms with van der Waals surface area (Å²) in [5.41, 5.74) is 1.77. The maximum Gasteiger partial charge on any atom is 0.331 e. The van der Waals surface area contributed by atoms with E-state index in [0.29, 0.717) is 0 Å². The van der Waals surface area contributed by atoms with Crippen molar-refractivity contribution in [2.24, 2.45) is 0 Å². The first-order valence-corrected chi connectivity index (χ1v) is 6.83. The molecule has 0 heterocycles. The molecule has 0 aliphatic rings. The number of ether oxygens (including phenoxy) is 2. The number of hydrogen-bond donors (Lipinski definition) is 0. The van der Waals surface area contributed by atoms with E-state index in [2.05, 4.69) is 0 Å². The van der Waals surface area contributed by atoms with Crippen molar-refractivity contribution in [3.05, 3.63) is 83.9 Å². The number of carbonyl (C=O) groups is 2. The van der Waals surface area contributed by atoms with Gasteiger partial charge in [0.25, 0.3) is 0 Å². The first kappa shape index (κ1) is 15.5. The van der Waals surface area contributed by atoms with Crippen molar-refractivity contribution in [2.45, 2.75) is 13.2 Å². The molecule has 22 heavy (non-hydrogen) atoms. The van der Waals surface area contributed by atoms with E-state index in [0.717, 1.165) is 23.3 Å². The van der Waals surface area contributed by atoms with Crippen LogP contribution in [0.25, 0.3) is 0 Å². The van der Waals surface area contributed by atoms with Crippen LogP contribution in [0.4, 0.5) is 0 Å². The highest BCUT2D eigenvalue weighted by atomic mass is 16.5. The third kappa shape index (κ3) is 5.63. The van der Waals surface area contributed by atoms with E-state index in [-0.39, 0.29) is 13.2 Å². The van der Waals surface area contributed by atoms with Crippen molar-refractivity contribution in [1.29, 1.82) is 0 Å². The molecule has 4 nitrogen and oxygen atoms in total. The summed E-state index contributed by atoms with van der Waals surface area (Å²) in [5.74, 6) is -1.17. The van der Waals surface area contributed by atoms with E-state index in [4.69, 9.17) is 9.47 Å². The van der Waals surface area contributed by atoms with Crippen LogP contribution in [-0.2, 0) is 32.3 Å². The molecule has 0 unspecified atom stereocenters. The predicted molar refractivity (Wildman–Crippen MR) is 81.6 cm³/mol. The Bertz CT molecular complexity index is 575. The highest BCUT2D eigenvalue weighted by Gasteiger charge is 2.02. The molecule has 2 aromatic carbocycles. The Hall–Kier alpha value is -2.88. The zero-order chi connectivity index (χ0) is 15.6. The van der Waals surface area contributed by atoms with Gasteiger partial charge in [0.15, 0.2) is 0 Å².